The minimum Gasteiger partial charge on any atom is -0.497 e. The smallest absolute Gasteiger partial charge is 0.250 e. The van der Waals surface area contributed by atoms with Crippen molar-refractivity contribution in [1.29, 1.82) is 0 Å². The van der Waals surface area contributed by atoms with Crippen LogP contribution in [0, 0.1) is 0 Å². The lowest BCUT2D eigenvalue weighted by Gasteiger charge is -2.29. The number of ketones is 1. The third-order valence-corrected chi connectivity index (χ3v) is 4.76. The van der Waals surface area contributed by atoms with Crippen molar-refractivity contribution < 1.29 is 19.1 Å². The van der Waals surface area contributed by atoms with Crippen LogP contribution in [-0.4, -0.2) is 43.8 Å². The van der Waals surface area contributed by atoms with Gasteiger partial charge in [-0.15, -0.1) is 0 Å². The third kappa shape index (κ3) is 5.09. The lowest BCUT2D eigenvalue weighted by molar-refractivity contribution is -0.119. The molecule has 0 aromatic heterocycles. The number of benzene rings is 2. The van der Waals surface area contributed by atoms with Crippen LogP contribution in [0.4, 0.5) is 5.69 Å². The van der Waals surface area contributed by atoms with Crippen molar-refractivity contribution in [2.24, 2.45) is 4.99 Å². The van der Waals surface area contributed by atoms with Crippen LogP contribution in [0.3, 0.4) is 0 Å². The summed E-state index contributed by atoms with van der Waals surface area (Å²) in [5.41, 5.74) is 3.69. The van der Waals surface area contributed by atoms with Gasteiger partial charge in [0.25, 0.3) is 0 Å². The van der Waals surface area contributed by atoms with E-state index in [-0.39, 0.29) is 30.3 Å². The highest BCUT2D eigenvalue weighted by molar-refractivity contribution is 6.17. The number of nitrogens with one attached hydrogen (secondary N) is 1. The van der Waals surface area contributed by atoms with Crippen molar-refractivity contribution >= 4 is 23.1 Å². The third-order valence-electron chi connectivity index (χ3n) is 4.76. The Morgan fingerprint density at radius 1 is 1.14 bits per heavy atom. The molecule has 0 fully saturated rings. The van der Waals surface area contributed by atoms with Crippen LogP contribution >= 0.6 is 0 Å². The van der Waals surface area contributed by atoms with Crippen LogP contribution in [0.1, 0.15) is 41.8 Å². The number of hydrogen-bond donors (Lipinski definition) is 1. The van der Waals surface area contributed by atoms with E-state index in [1.54, 1.807) is 31.4 Å². The molecule has 2 aromatic rings. The number of Topliss-reactive ketones (excluding diaryl/α,β-unsaturated/α-hetero) is 1. The lowest BCUT2D eigenvalue weighted by Crippen LogP contribution is -2.30. The Kier molecular flexibility index (Phi) is 6.13. The van der Waals surface area contributed by atoms with E-state index in [2.05, 4.69) is 19.2 Å². The number of aliphatic imine (C=N–C) groups is 1. The number of nitrogens with zero attached hydrogens (tertiary/aromatic N) is 1. The summed E-state index contributed by atoms with van der Waals surface area (Å²) in [6.07, 6.45) is 0.990. The van der Waals surface area contributed by atoms with Crippen LogP contribution in [0.5, 0.6) is 5.75 Å². The van der Waals surface area contributed by atoms with Crippen molar-refractivity contribution in [3.8, 4) is 5.75 Å². The Morgan fingerprint density at radius 2 is 1.93 bits per heavy atom. The molecule has 0 spiro atoms. The van der Waals surface area contributed by atoms with E-state index in [1.165, 1.54) is 7.11 Å². The van der Waals surface area contributed by atoms with Crippen molar-refractivity contribution in [3.05, 3.63) is 59.2 Å². The molecule has 2 aromatic carbocycles. The Labute approximate surface area is 170 Å². The zero-order valence-corrected chi connectivity index (χ0v) is 17.2. The summed E-state index contributed by atoms with van der Waals surface area (Å²) in [4.78, 5) is 29.6. The van der Waals surface area contributed by atoms with Gasteiger partial charge in [-0.3, -0.25) is 14.6 Å². The number of carbonyl (C=O) groups excluding carboxylic acids is 2. The summed E-state index contributed by atoms with van der Waals surface area (Å²) in [5.74, 6) is 0.418. The number of ether oxygens (including phenoxy) is 2. The van der Waals surface area contributed by atoms with Crippen molar-refractivity contribution in [2.45, 2.75) is 32.2 Å². The molecule has 0 saturated heterocycles. The van der Waals surface area contributed by atoms with E-state index >= 15 is 0 Å². The van der Waals surface area contributed by atoms with Crippen molar-refractivity contribution in [2.75, 3.05) is 26.1 Å². The Bertz CT molecular complexity index is 963. The minimum atomic E-state index is -0.271. The molecule has 0 unspecified atom stereocenters. The number of amides is 1. The maximum atomic E-state index is 13.0. The van der Waals surface area contributed by atoms with Crippen LogP contribution in [0.2, 0.25) is 0 Å². The monoisotopic (exact) mass is 394 g/mol. The zero-order valence-electron chi connectivity index (χ0n) is 17.2. The molecule has 1 aliphatic rings. The predicted octanol–water partition coefficient (Wildman–Crippen LogP) is 3.68. The molecule has 1 N–H and O–H groups in total. The Morgan fingerprint density at radius 3 is 2.66 bits per heavy atom. The molecule has 6 nitrogen and oxygen atoms in total. The molecule has 1 heterocycles. The lowest BCUT2D eigenvalue weighted by atomic mass is 9.85. The van der Waals surface area contributed by atoms with Gasteiger partial charge in [-0.05, 0) is 50.1 Å². The van der Waals surface area contributed by atoms with Gasteiger partial charge in [0.05, 0.1) is 24.8 Å². The summed E-state index contributed by atoms with van der Waals surface area (Å²) < 4.78 is 10.2. The molecule has 0 radical (unpaired) electrons. The maximum absolute atomic E-state index is 13.0. The van der Waals surface area contributed by atoms with E-state index in [0.29, 0.717) is 11.3 Å². The summed E-state index contributed by atoms with van der Waals surface area (Å²) in [7, 11) is 3.08. The number of anilines is 1. The molecule has 0 aliphatic carbocycles. The number of hydrogen-bond acceptors (Lipinski definition) is 5. The summed E-state index contributed by atoms with van der Waals surface area (Å²) in [5, 5.41) is 2.72. The van der Waals surface area contributed by atoms with Gasteiger partial charge in [0, 0.05) is 23.9 Å². The van der Waals surface area contributed by atoms with E-state index in [0.717, 1.165) is 29.0 Å². The summed E-state index contributed by atoms with van der Waals surface area (Å²) >= 11 is 0. The number of methoxy groups -OCH3 is 2. The first-order valence-corrected chi connectivity index (χ1v) is 9.49. The number of carbonyl (C=O) groups is 2. The van der Waals surface area contributed by atoms with Crippen LogP contribution in [0.15, 0.2) is 47.5 Å². The fourth-order valence-corrected chi connectivity index (χ4v) is 3.52. The highest BCUT2D eigenvalue weighted by Gasteiger charge is 2.28. The Balaban J connectivity index is 1.85. The molecule has 3 rings (SSSR count). The highest BCUT2D eigenvalue weighted by atomic mass is 16.5. The highest BCUT2D eigenvalue weighted by Crippen LogP contribution is 2.31. The average molecular weight is 394 g/mol. The normalized spacial score (nSPS) is 14.6. The number of fused-ring (bicyclic) bond motifs is 1. The minimum absolute atomic E-state index is 0.0390. The molecule has 152 valence electrons. The topological polar surface area (TPSA) is 77.0 Å². The Hall–Kier alpha value is -2.99. The molecule has 0 bridgehead atoms. The quantitative estimate of drug-likeness (QED) is 0.727. The van der Waals surface area contributed by atoms with Gasteiger partial charge in [-0.2, -0.15) is 0 Å². The van der Waals surface area contributed by atoms with Crippen molar-refractivity contribution in [3.63, 3.8) is 0 Å². The molecule has 1 amide bonds. The second kappa shape index (κ2) is 8.57. The molecular formula is C23H26N2O4. The van der Waals surface area contributed by atoms with Crippen molar-refractivity contribution in [1.82, 2.24) is 0 Å². The van der Waals surface area contributed by atoms with Crippen LogP contribution < -0.4 is 10.1 Å². The van der Waals surface area contributed by atoms with Gasteiger partial charge in [0.15, 0.2) is 5.78 Å². The van der Waals surface area contributed by atoms with Gasteiger partial charge in [0.1, 0.15) is 12.4 Å². The number of rotatable bonds is 7. The summed E-state index contributed by atoms with van der Waals surface area (Å²) in [6, 6.07) is 12.8. The first kappa shape index (κ1) is 20.7. The van der Waals surface area contributed by atoms with Gasteiger partial charge in [0.2, 0.25) is 5.91 Å². The molecule has 0 saturated carbocycles. The molecule has 1 aliphatic heterocycles. The fourth-order valence-electron chi connectivity index (χ4n) is 3.52. The second-order valence-electron chi connectivity index (χ2n) is 7.73. The van der Waals surface area contributed by atoms with Gasteiger partial charge < -0.3 is 14.8 Å². The van der Waals surface area contributed by atoms with E-state index in [9.17, 15) is 9.59 Å². The first-order chi connectivity index (χ1) is 13.8. The van der Waals surface area contributed by atoms with Gasteiger partial charge in [-0.25, -0.2) is 0 Å². The second-order valence-corrected chi connectivity index (χ2v) is 7.73. The largest absolute Gasteiger partial charge is 0.497 e. The molecular weight excluding hydrogens is 368 g/mol. The molecule has 0 atom stereocenters. The van der Waals surface area contributed by atoms with E-state index in [4.69, 9.17) is 14.5 Å². The SMILES string of the molecule is COCC(=O)Nc1cccc(C(=O)CC2=NC(C)(C)Cc3ccc(OC)cc32)c1. The fraction of sp³-hybridized carbons (Fsp3) is 0.348. The molecule has 6 heteroatoms. The average Bonchev–Trinajstić information content (AvgIpc) is 2.67. The van der Waals surface area contributed by atoms with E-state index in [1.807, 2.05) is 18.2 Å². The standard InChI is InChI=1S/C23H26N2O4/c1-23(2)13-16-8-9-18(29-4)11-19(16)20(25-23)12-21(26)15-6-5-7-17(10-15)24-22(27)14-28-3/h5-11H,12-14H2,1-4H3,(H,24,27). The molecule has 29 heavy (non-hydrogen) atoms. The van der Waals surface area contributed by atoms with Crippen LogP contribution in [0.25, 0.3) is 0 Å². The van der Waals surface area contributed by atoms with E-state index < -0.39 is 0 Å². The first-order valence-electron chi connectivity index (χ1n) is 9.49. The predicted molar refractivity (Wildman–Crippen MR) is 113 cm³/mol. The summed E-state index contributed by atoms with van der Waals surface area (Å²) in [6.45, 7) is 4.09. The van der Waals surface area contributed by atoms with Gasteiger partial charge >= 0.3 is 0 Å². The maximum Gasteiger partial charge on any atom is 0.250 e. The zero-order chi connectivity index (χ0) is 21.0. The van der Waals surface area contributed by atoms with Gasteiger partial charge in [-0.1, -0.05) is 18.2 Å². The van der Waals surface area contributed by atoms with Crippen LogP contribution in [-0.2, 0) is 16.0 Å².